The van der Waals surface area contributed by atoms with Crippen molar-refractivity contribution in [1.29, 1.82) is 0 Å². The minimum Gasteiger partial charge on any atom is -0.464 e. The van der Waals surface area contributed by atoms with E-state index >= 15 is 0 Å². The highest BCUT2D eigenvalue weighted by molar-refractivity contribution is 5.79. The Bertz CT molecular complexity index is 1150. The van der Waals surface area contributed by atoms with Gasteiger partial charge in [0, 0.05) is 67.1 Å². The third kappa shape index (κ3) is 3.05. The van der Waals surface area contributed by atoms with Crippen molar-refractivity contribution in [2.75, 3.05) is 6.54 Å². The average molecular weight is 378 g/mol. The summed E-state index contributed by atoms with van der Waals surface area (Å²) in [5.41, 5.74) is 2.70. The highest BCUT2D eigenvalue weighted by atomic mass is 16.6. The molecule has 1 aromatic carbocycles. The minimum absolute atomic E-state index is 0.118. The molecule has 0 saturated heterocycles. The maximum atomic E-state index is 12.8. The van der Waals surface area contributed by atoms with Gasteiger partial charge in [0.2, 0.25) is 0 Å². The van der Waals surface area contributed by atoms with E-state index < -0.39 is 4.92 Å². The van der Waals surface area contributed by atoms with Gasteiger partial charge >= 0.3 is 0 Å². The highest BCUT2D eigenvalue weighted by Gasteiger charge is 2.28. The van der Waals surface area contributed by atoms with Crippen LogP contribution >= 0.6 is 0 Å². The van der Waals surface area contributed by atoms with Crippen LogP contribution in [0.2, 0.25) is 0 Å². The number of nitro benzene ring substituents is 1. The van der Waals surface area contributed by atoms with Crippen LogP contribution in [0.3, 0.4) is 0 Å². The molecular formula is C20H18N4O4. The Labute approximate surface area is 160 Å². The number of fused-ring (bicyclic) bond motifs is 2. The monoisotopic (exact) mass is 378 g/mol. The first kappa shape index (κ1) is 17.0. The van der Waals surface area contributed by atoms with Crippen molar-refractivity contribution in [2.45, 2.75) is 38.3 Å². The van der Waals surface area contributed by atoms with Crippen molar-refractivity contribution in [3.63, 3.8) is 0 Å². The van der Waals surface area contributed by atoms with Gasteiger partial charge in [-0.05, 0) is 18.9 Å². The first-order valence-corrected chi connectivity index (χ1v) is 9.34. The Morgan fingerprint density at radius 3 is 2.96 bits per heavy atom. The van der Waals surface area contributed by atoms with E-state index in [1.165, 1.54) is 37.3 Å². The van der Waals surface area contributed by atoms with Gasteiger partial charge in [0.15, 0.2) is 5.43 Å². The predicted molar refractivity (Wildman–Crippen MR) is 101 cm³/mol. The lowest BCUT2D eigenvalue weighted by molar-refractivity contribution is -0.384. The van der Waals surface area contributed by atoms with Crippen LogP contribution in [0.5, 0.6) is 0 Å². The first-order valence-electron chi connectivity index (χ1n) is 9.34. The summed E-state index contributed by atoms with van der Waals surface area (Å²) in [6, 6.07) is 4.08. The number of nitro groups is 1. The van der Waals surface area contributed by atoms with E-state index in [1.54, 1.807) is 0 Å². The molecule has 1 fully saturated rings. The lowest BCUT2D eigenvalue weighted by atomic mass is 10.1. The fraction of sp³-hybridized carbons (Fsp3) is 0.350. The average Bonchev–Trinajstić information content (AvgIpc) is 3.55. The van der Waals surface area contributed by atoms with Gasteiger partial charge < -0.3 is 4.42 Å². The molecule has 0 N–H and O–H groups in total. The molecule has 8 heteroatoms. The van der Waals surface area contributed by atoms with Gasteiger partial charge in [0.25, 0.3) is 5.69 Å². The largest absolute Gasteiger partial charge is 0.464 e. The summed E-state index contributed by atoms with van der Waals surface area (Å²) in [7, 11) is 0. The summed E-state index contributed by atoms with van der Waals surface area (Å²) in [6.45, 7) is 1.89. The summed E-state index contributed by atoms with van der Waals surface area (Å²) in [5, 5.41) is 11.2. The van der Waals surface area contributed by atoms with Crippen LogP contribution in [0.1, 0.15) is 41.4 Å². The summed E-state index contributed by atoms with van der Waals surface area (Å²) >= 11 is 0. The predicted octanol–water partition coefficient (Wildman–Crippen LogP) is 2.93. The Hall–Kier alpha value is -3.13. The molecule has 2 aromatic heterocycles. The number of rotatable bonds is 4. The molecule has 2 aliphatic rings. The number of aromatic nitrogens is 2. The van der Waals surface area contributed by atoms with Crippen LogP contribution in [0.25, 0.3) is 11.0 Å². The summed E-state index contributed by atoms with van der Waals surface area (Å²) in [6.07, 6.45) is 6.55. The van der Waals surface area contributed by atoms with Crippen molar-refractivity contribution in [1.82, 2.24) is 14.9 Å². The molecule has 0 atom stereocenters. The molecule has 0 unspecified atom stereocenters. The second-order valence-electron chi connectivity index (χ2n) is 7.46. The normalized spacial score (nSPS) is 16.9. The molecule has 1 saturated carbocycles. The van der Waals surface area contributed by atoms with Crippen molar-refractivity contribution in [2.24, 2.45) is 0 Å². The molecule has 3 heterocycles. The van der Waals surface area contributed by atoms with Gasteiger partial charge in [0.1, 0.15) is 11.4 Å². The van der Waals surface area contributed by atoms with Crippen molar-refractivity contribution in [3.05, 3.63) is 73.6 Å². The second-order valence-corrected chi connectivity index (χ2v) is 7.46. The van der Waals surface area contributed by atoms with Gasteiger partial charge in [-0.15, -0.1) is 0 Å². The fourth-order valence-corrected chi connectivity index (χ4v) is 3.69. The zero-order valence-electron chi connectivity index (χ0n) is 15.1. The molecule has 1 aliphatic heterocycles. The zero-order chi connectivity index (χ0) is 19.3. The molecule has 0 radical (unpaired) electrons. The van der Waals surface area contributed by atoms with E-state index in [1.807, 2.05) is 6.20 Å². The first-order chi connectivity index (χ1) is 13.6. The molecule has 0 spiro atoms. The Morgan fingerprint density at radius 2 is 2.18 bits per heavy atom. The molecule has 1 aliphatic carbocycles. The summed E-state index contributed by atoms with van der Waals surface area (Å²) < 4.78 is 5.54. The highest BCUT2D eigenvalue weighted by Crippen LogP contribution is 2.38. The van der Waals surface area contributed by atoms with Crippen LogP contribution < -0.4 is 5.43 Å². The van der Waals surface area contributed by atoms with Crippen LogP contribution in [-0.4, -0.2) is 26.3 Å². The zero-order valence-corrected chi connectivity index (χ0v) is 15.1. The SMILES string of the molecule is O=c1c(CN2CCc3nc(C4CC4)ncc3C2)coc2ccc([N+](=O)[O-])cc12. The smallest absolute Gasteiger partial charge is 0.270 e. The van der Waals surface area contributed by atoms with Crippen molar-refractivity contribution >= 4 is 16.7 Å². The van der Waals surface area contributed by atoms with Crippen LogP contribution in [0.15, 0.2) is 39.9 Å². The third-order valence-corrected chi connectivity index (χ3v) is 5.41. The molecule has 8 nitrogen and oxygen atoms in total. The lowest BCUT2D eigenvalue weighted by Crippen LogP contribution is -2.32. The van der Waals surface area contributed by atoms with Gasteiger partial charge in [-0.2, -0.15) is 0 Å². The number of non-ortho nitro benzene ring substituents is 1. The number of hydrogen-bond donors (Lipinski definition) is 0. The number of nitrogens with zero attached hydrogens (tertiary/aromatic N) is 4. The standard InChI is InChI=1S/C20H18N4O4/c25-19-14(11-28-18-4-3-15(24(26)27)7-16(18)19)10-23-6-5-17-13(9-23)8-21-20(22-17)12-1-2-12/h3-4,7-8,11-12H,1-2,5-6,9-10H2. The van der Waals surface area contributed by atoms with Gasteiger partial charge in [0.05, 0.1) is 16.6 Å². The van der Waals surface area contributed by atoms with Gasteiger partial charge in [-0.1, -0.05) is 0 Å². The second kappa shape index (κ2) is 6.49. The molecular weight excluding hydrogens is 360 g/mol. The van der Waals surface area contributed by atoms with Crippen LogP contribution in [-0.2, 0) is 19.5 Å². The summed E-state index contributed by atoms with van der Waals surface area (Å²) in [5.74, 6) is 1.50. The van der Waals surface area contributed by atoms with E-state index in [0.29, 0.717) is 30.2 Å². The quantitative estimate of drug-likeness (QED) is 0.508. The molecule has 142 valence electrons. The number of hydrogen-bond acceptors (Lipinski definition) is 7. The lowest BCUT2D eigenvalue weighted by Gasteiger charge is -2.27. The van der Waals surface area contributed by atoms with Crippen molar-refractivity contribution < 1.29 is 9.34 Å². The molecule has 5 rings (SSSR count). The maximum Gasteiger partial charge on any atom is 0.270 e. The Morgan fingerprint density at radius 1 is 1.32 bits per heavy atom. The third-order valence-electron chi connectivity index (χ3n) is 5.41. The minimum atomic E-state index is -0.511. The van der Waals surface area contributed by atoms with Crippen molar-refractivity contribution in [3.8, 4) is 0 Å². The molecule has 28 heavy (non-hydrogen) atoms. The molecule has 3 aromatic rings. The Kier molecular flexibility index (Phi) is 3.94. The number of benzene rings is 1. The topological polar surface area (TPSA) is 102 Å². The van der Waals surface area contributed by atoms with Gasteiger partial charge in [-0.3, -0.25) is 19.8 Å². The van der Waals surface area contributed by atoms with Gasteiger partial charge in [-0.25, -0.2) is 9.97 Å². The van der Waals surface area contributed by atoms with E-state index in [9.17, 15) is 14.9 Å². The van der Waals surface area contributed by atoms with E-state index in [-0.39, 0.29) is 16.5 Å². The van der Waals surface area contributed by atoms with E-state index in [0.717, 1.165) is 30.0 Å². The van der Waals surface area contributed by atoms with E-state index in [2.05, 4.69) is 9.88 Å². The maximum absolute atomic E-state index is 12.8. The molecule has 0 amide bonds. The van der Waals surface area contributed by atoms with Crippen LogP contribution in [0.4, 0.5) is 5.69 Å². The summed E-state index contributed by atoms with van der Waals surface area (Å²) in [4.78, 5) is 34.7. The molecule has 0 bridgehead atoms. The Balaban J connectivity index is 1.40. The van der Waals surface area contributed by atoms with E-state index in [4.69, 9.17) is 9.40 Å². The van der Waals surface area contributed by atoms with Crippen LogP contribution in [0, 0.1) is 10.1 Å². The fourth-order valence-electron chi connectivity index (χ4n) is 3.69.